The molecule has 2 fully saturated rings. The maximum absolute atomic E-state index is 12.6. The van der Waals surface area contributed by atoms with Crippen LogP contribution in [0.4, 0.5) is 4.79 Å². The molecule has 2 atom stereocenters. The lowest BCUT2D eigenvalue weighted by atomic mass is 9.99. The molecule has 3 heterocycles. The molecular weight excluding hydrogens is 330 g/mol. The van der Waals surface area contributed by atoms with Gasteiger partial charge in [-0.1, -0.05) is 12.1 Å². The summed E-state index contributed by atoms with van der Waals surface area (Å²) in [4.78, 5) is 33.7. The second-order valence-corrected chi connectivity index (χ2v) is 7.56. The molecule has 1 N–H and O–H groups in total. The number of carbonyl (C=O) groups excluding carboxylic acids is 1. The molecule has 7 heteroatoms. The smallest absolute Gasteiger partial charge is 0.318 e. The van der Waals surface area contributed by atoms with Gasteiger partial charge in [-0.15, -0.1) is 0 Å². The second kappa shape index (κ2) is 6.39. The number of hydrogen-bond donors (Lipinski definition) is 1. The minimum atomic E-state index is -0.0133. The van der Waals surface area contributed by atoms with Crippen molar-refractivity contribution < 1.29 is 4.79 Å². The van der Waals surface area contributed by atoms with Crippen LogP contribution >= 0.6 is 0 Å². The summed E-state index contributed by atoms with van der Waals surface area (Å²) in [7, 11) is 1.78. The first kappa shape index (κ1) is 17.0. The Labute approximate surface area is 152 Å². The first-order chi connectivity index (χ1) is 12.5. The van der Waals surface area contributed by atoms with Crippen molar-refractivity contribution in [3.63, 3.8) is 0 Å². The molecule has 4 rings (SSSR count). The van der Waals surface area contributed by atoms with Gasteiger partial charge in [0.25, 0.3) is 5.56 Å². The van der Waals surface area contributed by atoms with Crippen LogP contribution < -0.4 is 10.9 Å². The van der Waals surface area contributed by atoms with E-state index in [1.807, 2.05) is 29.2 Å². The lowest BCUT2D eigenvalue weighted by Crippen LogP contribution is -2.52. The molecule has 7 nitrogen and oxygen atoms in total. The summed E-state index contributed by atoms with van der Waals surface area (Å²) >= 11 is 0. The van der Waals surface area contributed by atoms with Gasteiger partial charge in [-0.2, -0.15) is 0 Å². The zero-order valence-electron chi connectivity index (χ0n) is 15.5. The fraction of sp³-hybridized carbons (Fsp3) is 0.526. The Kier molecular flexibility index (Phi) is 4.19. The third-order valence-corrected chi connectivity index (χ3v) is 5.56. The highest BCUT2D eigenvalue weighted by Gasteiger charge is 2.43. The number of carbonyl (C=O) groups is 1. The van der Waals surface area contributed by atoms with E-state index in [9.17, 15) is 9.59 Å². The van der Waals surface area contributed by atoms with Crippen LogP contribution in [0, 0.1) is 0 Å². The van der Waals surface area contributed by atoms with E-state index in [0.29, 0.717) is 11.9 Å². The fourth-order valence-electron chi connectivity index (χ4n) is 4.23. The van der Waals surface area contributed by atoms with Gasteiger partial charge in [0.05, 0.1) is 29.5 Å². The number of para-hydroxylation sites is 1. The normalized spacial score (nSPS) is 23.5. The van der Waals surface area contributed by atoms with Crippen LogP contribution in [0.1, 0.15) is 26.1 Å². The molecule has 0 spiro atoms. The van der Waals surface area contributed by atoms with E-state index < -0.39 is 0 Å². The Morgan fingerprint density at radius 1 is 1.27 bits per heavy atom. The average Bonchev–Trinajstić information content (AvgIpc) is 2.94. The van der Waals surface area contributed by atoms with Crippen molar-refractivity contribution in [1.82, 2.24) is 24.7 Å². The van der Waals surface area contributed by atoms with Gasteiger partial charge in [0.15, 0.2) is 0 Å². The number of rotatable bonds is 3. The van der Waals surface area contributed by atoms with Crippen LogP contribution in [0.15, 0.2) is 29.1 Å². The molecule has 1 aromatic heterocycles. The molecule has 2 aliphatic heterocycles. The van der Waals surface area contributed by atoms with Crippen molar-refractivity contribution in [1.29, 1.82) is 0 Å². The summed E-state index contributed by atoms with van der Waals surface area (Å²) in [6.45, 7) is 6.40. The summed E-state index contributed by atoms with van der Waals surface area (Å²) in [6.07, 6.45) is 0.934. The Balaban J connectivity index is 1.55. The van der Waals surface area contributed by atoms with E-state index in [2.05, 4.69) is 24.1 Å². The van der Waals surface area contributed by atoms with Gasteiger partial charge in [0, 0.05) is 26.2 Å². The van der Waals surface area contributed by atoms with Gasteiger partial charge in [-0.3, -0.25) is 14.3 Å². The maximum Gasteiger partial charge on any atom is 0.318 e. The van der Waals surface area contributed by atoms with E-state index in [-0.39, 0.29) is 29.7 Å². The third kappa shape index (κ3) is 2.76. The summed E-state index contributed by atoms with van der Waals surface area (Å²) in [5, 5.41) is 3.76. The first-order valence-electron chi connectivity index (χ1n) is 9.21. The SMILES string of the molecule is CC(C)N1C(=O)N[C@@H]2CN(Cc3nc4ccccc4c(=O)n3C)CC[C@@H]21. The number of amides is 2. The molecule has 138 valence electrons. The zero-order valence-corrected chi connectivity index (χ0v) is 15.5. The summed E-state index contributed by atoms with van der Waals surface area (Å²) in [5.41, 5.74) is 0.723. The van der Waals surface area contributed by atoms with Crippen molar-refractivity contribution in [2.24, 2.45) is 7.05 Å². The molecule has 0 aliphatic carbocycles. The molecule has 2 amide bonds. The highest BCUT2D eigenvalue weighted by molar-refractivity contribution is 5.78. The minimum absolute atomic E-state index is 0.0133. The van der Waals surface area contributed by atoms with Gasteiger partial charge in [0.2, 0.25) is 0 Å². The van der Waals surface area contributed by atoms with Gasteiger partial charge in [-0.25, -0.2) is 9.78 Å². The van der Waals surface area contributed by atoms with E-state index in [0.717, 1.165) is 30.9 Å². The topological polar surface area (TPSA) is 70.5 Å². The number of piperidine rings is 1. The Morgan fingerprint density at radius 3 is 2.81 bits per heavy atom. The van der Waals surface area contributed by atoms with Crippen molar-refractivity contribution >= 4 is 16.9 Å². The number of urea groups is 1. The molecular formula is C19H25N5O2. The Hall–Kier alpha value is -2.41. The Bertz CT molecular complexity index is 906. The zero-order chi connectivity index (χ0) is 18.4. The summed E-state index contributed by atoms with van der Waals surface area (Å²) in [5.74, 6) is 0.761. The molecule has 1 aromatic carbocycles. The van der Waals surface area contributed by atoms with E-state index >= 15 is 0 Å². The number of nitrogens with one attached hydrogen (secondary N) is 1. The molecule has 0 unspecified atom stereocenters. The standard InChI is InChI=1S/C19H25N5O2/c1-12(2)24-16-8-9-23(10-15(16)21-19(24)26)11-17-20-14-7-5-4-6-13(14)18(25)22(17)3/h4-7,12,15-16H,8-11H2,1-3H3,(H,21,26)/t15-,16+/m1/s1. The van der Waals surface area contributed by atoms with E-state index in [4.69, 9.17) is 4.98 Å². The maximum atomic E-state index is 12.6. The van der Waals surface area contributed by atoms with Crippen LogP contribution in [-0.2, 0) is 13.6 Å². The lowest BCUT2D eigenvalue weighted by Gasteiger charge is -2.37. The number of aromatic nitrogens is 2. The highest BCUT2D eigenvalue weighted by atomic mass is 16.2. The first-order valence-corrected chi connectivity index (χ1v) is 9.21. The molecule has 2 aromatic rings. The number of nitrogens with zero attached hydrogens (tertiary/aromatic N) is 4. The minimum Gasteiger partial charge on any atom is -0.332 e. The quantitative estimate of drug-likeness (QED) is 0.901. The van der Waals surface area contributed by atoms with Gasteiger partial charge < -0.3 is 10.2 Å². The summed E-state index contributed by atoms with van der Waals surface area (Å²) in [6, 6.07) is 8.09. The van der Waals surface area contributed by atoms with Crippen LogP contribution in [-0.4, -0.2) is 56.6 Å². The average molecular weight is 355 g/mol. The number of benzene rings is 1. The predicted octanol–water partition coefficient (Wildman–Crippen LogP) is 1.31. The lowest BCUT2D eigenvalue weighted by molar-refractivity contribution is 0.120. The van der Waals surface area contributed by atoms with Crippen molar-refractivity contribution in [3.8, 4) is 0 Å². The van der Waals surface area contributed by atoms with Crippen molar-refractivity contribution in [2.75, 3.05) is 13.1 Å². The van der Waals surface area contributed by atoms with Gasteiger partial charge >= 0.3 is 6.03 Å². The number of hydrogen-bond acceptors (Lipinski definition) is 4. The van der Waals surface area contributed by atoms with E-state index in [1.165, 1.54) is 0 Å². The van der Waals surface area contributed by atoms with Crippen LogP contribution in [0.3, 0.4) is 0 Å². The monoisotopic (exact) mass is 355 g/mol. The van der Waals surface area contributed by atoms with Gasteiger partial charge in [0.1, 0.15) is 5.82 Å². The fourth-order valence-corrected chi connectivity index (χ4v) is 4.23. The molecule has 0 bridgehead atoms. The molecule has 2 saturated heterocycles. The van der Waals surface area contributed by atoms with Crippen molar-refractivity contribution in [2.45, 2.75) is 44.9 Å². The van der Waals surface area contributed by atoms with Crippen LogP contribution in [0.2, 0.25) is 0 Å². The summed E-state index contributed by atoms with van der Waals surface area (Å²) < 4.78 is 1.64. The number of likely N-dealkylation sites (tertiary alicyclic amines) is 1. The van der Waals surface area contributed by atoms with Crippen molar-refractivity contribution in [3.05, 3.63) is 40.4 Å². The largest absolute Gasteiger partial charge is 0.332 e. The molecule has 2 aliphatic rings. The molecule has 0 radical (unpaired) electrons. The molecule has 26 heavy (non-hydrogen) atoms. The second-order valence-electron chi connectivity index (χ2n) is 7.56. The highest BCUT2D eigenvalue weighted by Crippen LogP contribution is 2.25. The molecule has 0 saturated carbocycles. The number of fused-ring (bicyclic) bond motifs is 2. The van der Waals surface area contributed by atoms with Crippen LogP contribution in [0.25, 0.3) is 10.9 Å². The Morgan fingerprint density at radius 2 is 2.04 bits per heavy atom. The van der Waals surface area contributed by atoms with Crippen LogP contribution in [0.5, 0.6) is 0 Å². The van der Waals surface area contributed by atoms with E-state index in [1.54, 1.807) is 11.6 Å². The third-order valence-electron chi connectivity index (χ3n) is 5.56. The van der Waals surface area contributed by atoms with Gasteiger partial charge in [-0.05, 0) is 32.4 Å². The predicted molar refractivity (Wildman–Crippen MR) is 100.0 cm³/mol.